The molecule has 9 heteroatoms. The van der Waals surface area contributed by atoms with Gasteiger partial charge in [-0.25, -0.2) is 0 Å². The molecule has 2 aliphatic heterocycles. The van der Waals surface area contributed by atoms with Gasteiger partial charge in [0, 0.05) is 54.8 Å². The van der Waals surface area contributed by atoms with Gasteiger partial charge in [-0.2, -0.15) is 13.2 Å². The van der Waals surface area contributed by atoms with Gasteiger partial charge in [0.25, 0.3) is 0 Å². The molecule has 4 heterocycles. The molecule has 0 amide bonds. The summed E-state index contributed by atoms with van der Waals surface area (Å²) in [6.07, 6.45) is -1.24. The van der Waals surface area contributed by atoms with Crippen LogP contribution in [0, 0.1) is 5.41 Å². The third-order valence-corrected chi connectivity index (χ3v) is 14.1. The van der Waals surface area contributed by atoms with Crippen molar-refractivity contribution in [2.45, 2.75) is 122 Å². The molecular weight excluding hydrogens is 545 g/mol. The van der Waals surface area contributed by atoms with Crippen LogP contribution >= 0.6 is 0 Å². The zero-order valence-electron chi connectivity index (χ0n) is 26.0. The van der Waals surface area contributed by atoms with E-state index in [2.05, 4.69) is 66.5 Å². The fourth-order valence-electron chi connectivity index (χ4n) is 6.47. The second kappa shape index (κ2) is 10.1. The molecule has 0 N–H and O–H groups in total. The molecule has 0 bridgehead atoms. The SMILES string of the molecule is CC(C)c1nc2c(c3c1C(c1ccc(C(F)(F)F)cn1)OC31CCOCC1)C(O[Si](C)(C)C(C)(C)C)CC(C)(C)C2. The molecule has 1 aliphatic carbocycles. The van der Waals surface area contributed by atoms with Crippen molar-refractivity contribution in [3.8, 4) is 0 Å². The van der Waals surface area contributed by atoms with E-state index in [9.17, 15) is 13.2 Å². The zero-order valence-corrected chi connectivity index (χ0v) is 27.0. The topological polar surface area (TPSA) is 53.5 Å². The third kappa shape index (κ3) is 5.52. The smallest absolute Gasteiger partial charge is 0.410 e. The quantitative estimate of drug-likeness (QED) is 0.333. The molecule has 2 unspecified atom stereocenters. The first-order valence-corrected chi connectivity index (χ1v) is 17.8. The van der Waals surface area contributed by atoms with E-state index in [0.29, 0.717) is 31.7 Å². The number of rotatable bonds is 4. The van der Waals surface area contributed by atoms with Gasteiger partial charge in [0.1, 0.15) is 6.10 Å². The van der Waals surface area contributed by atoms with Gasteiger partial charge in [0.15, 0.2) is 8.32 Å². The van der Waals surface area contributed by atoms with Crippen LogP contribution in [0.3, 0.4) is 0 Å². The Balaban J connectivity index is 1.76. The van der Waals surface area contributed by atoms with E-state index in [4.69, 9.17) is 18.9 Å². The lowest BCUT2D eigenvalue weighted by molar-refractivity contribution is -0.138. The van der Waals surface area contributed by atoms with E-state index in [0.717, 1.165) is 53.2 Å². The predicted molar refractivity (Wildman–Crippen MR) is 155 cm³/mol. The summed E-state index contributed by atoms with van der Waals surface area (Å²) in [6.45, 7) is 21.3. The molecule has 1 fully saturated rings. The number of nitrogens with zero attached hydrogens (tertiary/aromatic N) is 2. The van der Waals surface area contributed by atoms with E-state index < -0.39 is 31.8 Å². The molecule has 0 radical (unpaired) electrons. The van der Waals surface area contributed by atoms with Gasteiger partial charge >= 0.3 is 6.18 Å². The van der Waals surface area contributed by atoms with E-state index in [1.165, 1.54) is 6.07 Å². The van der Waals surface area contributed by atoms with Crippen LogP contribution in [0.1, 0.15) is 125 Å². The lowest BCUT2D eigenvalue weighted by Crippen LogP contribution is -2.45. The van der Waals surface area contributed by atoms with Crippen LogP contribution in [-0.2, 0) is 32.1 Å². The van der Waals surface area contributed by atoms with Crippen molar-refractivity contribution in [1.82, 2.24) is 9.97 Å². The summed E-state index contributed by atoms with van der Waals surface area (Å²) >= 11 is 0. The third-order valence-electron chi connectivity index (χ3n) is 9.62. The van der Waals surface area contributed by atoms with E-state index in [1.807, 2.05) is 0 Å². The van der Waals surface area contributed by atoms with Crippen molar-refractivity contribution in [2.24, 2.45) is 5.41 Å². The lowest BCUT2D eigenvalue weighted by atomic mass is 9.70. The number of alkyl halides is 3. The average molecular weight is 591 g/mol. The van der Waals surface area contributed by atoms with Crippen LogP contribution in [0.5, 0.6) is 0 Å². The van der Waals surface area contributed by atoms with E-state index in [1.54, 1.807) is 0 Å². The van der Waals surface area contributed by atoms with Gasteiger partial charge in [-0.1, -0.05) is 48.5 Å². The Kier molecular flexibility index (Phi) is 7.57. The molecule has 226 valence electrons. The highest BCUT2D eigenvalue weighted by Crippen LogP contribution is 2.58. The minimum absolute atomic E-state index is 0.00615. The molecule has 3 aliphatic rings. The first-order valence-electron chi connectivity index (χ1n) is 14.9. The average Bonchev–Trinajstić information content (AvgIpc) is 3.15. The van der Waals surface area contributed by atoms with Gasteiger partial charge in [-0.05, 0) is 60.0 Å². The van der Waals surface area contributed by atoms with Crippen LogP contribution in [0.25, 0.3) is 0 Å². The standard InChI is InChI=1S/C32H45F3N2O3Si/c1-19(2)27-25-26(24-22(37-27)16-30(6,7)17-23(24)40-41(8,9)29(3,4)5)31(12-14-38-15-13-31)39-28(25)21-11-10-20(18-36-21)32(33,34)35/h10-11,18-19,23,28H,12-17H2,1-9H3. The summed E-state index contributed by atoms with van der Waals surface area (Å²) in [5, 5.41) is 0.0305. The molecule has 2 aromatic rings. The number of hydrogen-bond donors (Lipinski definition) is 0. The lowest BCUT2D eigenvalue weighted by Gasteiger charge is -2.46. The van der Waals surface area contributed by atoms with Gasteiger partial charge in [0.05, 0.1) is 23.0 Å². The maximum Gasteiger partial charge on any atom is 0.417 e. The number of hydrogen-bond acceptors (Lipinski definition) is 5. The maximum absolute atomic E-state index is 13.4. The Labute approximate surface area is 243 Å². The highest BCUT2D eigenvalue weighted by Gasteiger charge is 2.54. The minimum atomic E-state index is -4.45. The van der Waals surface area contributed by atoms with E-state index >= 15 is 0 Å². The molecule has 2 atom stereocenters. The molecule has 41 heavy (non-hydrogen) atoms. The van der Waals surface area contributed by atoms with E-state index in [-0.39, 0.29) is 22.5 Å². The molecule has 0 aromatic carbocycles. The molecule has 2 aromatic heterocycles. The fraction of sp³-hybridized carbons (Fsp3) is 0.688. The summed E-state index contributed by atoms with van der Waals surface area (Å²) in [6, 6.07) is 2.57. The van der Waals surface area contributed by atoms with Gasteiger partial charge in [0.2, 0.25) is 0 Å². The number of aromatic nitrogens is 2. The largest absolute Gasteiger partial charge is 0.417 e. The number of halogens is 3. The molecule has 5 nitrogen and oxygen atoms in total. The Bertz CT molecular complexity index is 1290. The van der Waals surface area contributed by atoms with Crippen molar-refractivity contribution >= 4 is 8.32 Å². The molecule has 1 saturated heterocycles. The number of ether oxygens (including phenoxy) is 2. The van der Waals surface area contributed by atoms with Crippen LogP contribution < -0.4 is 0 Å². The van der Waals surface area contributed by atoms with Gasteiger partial charge < -0.3 is 13.9 Å². The number of pyridine rings is 2. The second-order valence-corrected chi connectivity index (χ2v) is 19.5. The molecule has 1 spiro atoms. The van der Waals surface area contributed by atoms with Crippen LogP contribution in [0.15, 0.2) is 18.3 Å². The predicted octanol–water partition coefficient (Wildman–Crippen LogP) is 8.78. The van der Waals surface area contributed by atoms with Crippen molar-refractivity contribution in [2.75, 3.05) is 13.2 Å². The second-order valence-electron chi connectivity index (χ2n) is 14.8. The highest BCUT2D eigenvalue weighted by atomic mass is 28.4. The molecule has 5 rings (SSSR count). The summed E-state index contributed by atoms with van der Waals surface area (Å²) < 4.78 is 60.3. The van der Waals surface area contributed by atoms with Gasteiger partial charge in [-0.3, -0.25) is 9.97 Å². The van der Waals surface area contributed by atoms with Gasteiger partial charge in [-0.15, -0.1) is 0 Å². The zero-order chi connectivity index (χ0) is 30.2. The van der Waals surface area contributed by atoms with Crippen LogP contribution in [0.2, 0.25) is 18.1 Å². The highest BCUT2D eigenvalue weighted by molar-refractivity contribution is 6.74. The summed E-state index contributed by atoms with van der Waals surface area (Å²) in [7, 11) is -2.17. The monoisotopic (exact) mass is 590 g/mol. The Morgan fingerprint density at radius 1 is 1.05 bits per heavy atom. The van der Waals surface area contributed by atoms with Crippen molar-refractivity contribution in [3.63, 3.8) is 0 Å². The molecular formula is C32H45F3N2O3Si. The summed E-state index contributed by atoms with van der Waals surface area (Å²) in [5.41, 5.74) is 4.35. The van der Waals surface area contributed by atoms with Crippen molar-refractivity contribution in [1.29, 1.82) is 0 Å². The molecule has 0 saturated carbocycles. The first-order chi connectivity index (χ1) is 18.9. The normalized spacial score (nSPS) is 24.0. The van der Waals surface area contributed by atoms with Crippen LogP contribution in [-0.4, -0.2) is 31.5 Å². The summed E-state index contributed by atoms with van der Waals surface area (Å²) in [5.74, 6) is 0.0920. The van der Waals surface area contributed by atoms with Crippen LogP contribution in [0.4, 0.5) is 13.2 Å². The summed E-state index contributed by atoms with van der Waals surface area (Å²) in [4.78, 5) is 9.67. The minimum Gasteiger partial charge on any atom is -0.410 e. The van der Waals surface area contributed by atoms with Crippen molar-refractivity contribution < 1.29 is 27.1 Å². The maximum atomic E-state index is 13.4. The number of fused-ring (bicyclic) bond motifs is 4. The first kappa shape index (κ1) is 30.6. The Hall–Kier alpha value is -1.81. The Morgan fingerprint density at radius 2 is 1.71 bits per heavy atom. The fourth-order valence-corrected chi connectivity index (χ4v) is 7.74. The Morgan fingerprint density at radius 3 is 2.24 bits per heavy atom. The van der Waals surface area contributed by atoms with Crippen molar-refractivity contribution in [3.05, 3.63) is 57.7 Å².